The first kappa shape index (κ1) is 24.5. The number of aromatic nitrogens is 7. The monoisotopic (exact) mass is 503 g/mol. The highest BCUT2D eigenvalue weighted by Gasteiger charge is 2.19. The molecule has 3 N–H and O–H groups in total. The van der Waals surface area contributed by atoms with Crippen LogP contribution >= 0.6 is 0 Å². The topological polar surface area (TPSA) is 160 Å². The van der Waals surface area contributed by atoms with Crippen molar-refractivity contribution < 1.29 is 14.1 Å². The molecule has 0 aliphatic carbocycles. The molecule has 0 saturated carbocycles. The summed E-state index contributed by atoms with van der Waals surface area (Å²) in [5.74, 6) is 1.22. The molecule has 1 aliphatic heterocycles. The van der Waals surface area contributed by atoms with E-state index in [0.717, 1.165) is 48.3 Å². The minimum Gasteiger partial charge on any atom is -0.376 e. The van der Waals surface area contributed by atoms with Gasteiger partial charge < -0.3 is 20.3 Å². The number of ether oxygens (including phenoxy) is 1. The van der Waals surface area contributed by atoms with E-state index in [9.17, 15) is 4.79 Å². The molecule has 0 radical (unpaired) electrons. The van der Waals surface area contributed by atoms with E-state index >= 15 is 0 Å². The Balaban J connectivity index is 1.31. The zero-order valence-corrected chi connectivity index (χ0v) is 20.8. The standard InChI is InChI=1S/C25H29N9O3/c1-15(2)6-16-7-21(17-8-29-25(26)30-9-17)27-12-20(16)23-32-24(37-33-23)18-10-31-34(13-18)14-22(35)28-11-19-4-3-5-36-19/h7-10,12-13,15,19H,3-6,11,14H2,1-2H3,(H,28,35)(H2,26,29,30). The summed E-state index contributed by atoms with van der Waals surface area (Å²) in [6.07, 6.45) is 11.2. The zero-order valence-electron chi connectivity index (χ0n) is 20.8. The first-order valence-corrected chi connectivity index (χ1v) is 12.3. The fourth-order valence-electron chi connectivity index (χ4n) is 4.18. The number of nitrogens with one attached hydrogen (secondary N) is 1. The van der Waals surface area contributed by atoms with E-state index in [1.165, 1.54) is 0 Å². The van der Waals surface area contributed by atoms with Gasteiger partial charge in [0.1, 0.15) is 6.54 Å². The maximum absolute atomic E-state index is 12.3. The van der Waals surface area contributed by atoms with Crippen LogP contribution in [-0.2, 0) is 22.5 Å². The van der Waals surface area contributed by atoms with Crippen molar-refractivity contribution in [2.45, 2.75) is 45.8 Å². The number of nitrogen functional groups attached to an aromatic ring is 1. The second kappa shape index (κ2) is 10.8. The second-order valence-electron chi connectivity index (χ2n) is 9.44. The molecule has 12 heteroatoms. The highest BCUT2D eigenvalue weighted by Crippen LogP contribution is 2.29. The lowest BCUT2D eigenvalue weighted by Gasteiger charge is -2.11. The summed E-state index contributed by atoms with van der Waals surface area (Å²) in [5, 5.41) is 11.3. The van der Waals surface area contributed by atoms with Crippen LogP contribution in [0, 0.1) is 5.92 Å². The molecule has 1 saturated heterocycles. The first-order chi connectivity index (χ1) is 17.9. The molecule has 192 valence electrons. The largest absolute Gasteiger partial charge is 0.376 e. The van der Waals surface area contributed by atoms with E-state index in [4.69, 9.17) is 15.0 Å². The van der Waals surface area contributed by atoms with Gasteiger partial charge in [0.25, 0.3) is 5.89 Å². The molecule has 37 heavy (non-hydrogen) atoms. The number of nitrogens with two attached hydrogens (primary N) is 1. The van der Waals surface area contributed by atoms with Crippen LogP contribution in [0.1, 0.15) is 32.3 Å². The number of amides is 1. The molecule has 1 fully saturated rings. The average molecular weight is 504 g/mol. The van der Waals surface area contributed by atoms with Gasteiger partial charge in [-0.25, -0.2) is 9.97 Å². The van der Waals surface area contributed by atoms with Gasteiger partial charge in [0.2, 0.25) is 17.7 Å². The summed E-state index contributed by atoms with van der Waals surface area (Å²) in [5.41, 5.74) is 9.56. The maximum atomic E-state index is 12.3. The van der Waals surface area contributed by atoms with Crippen LogP contribution in [0.5, 0.6) is 0 Å². The molecule has 1 atom stereocenters. The molecule has 5 heterocycles. The van der Waals surface area contributed by atoms with Crippen LogP contribution in [0.25, 0.3) is 34.1 Å². The average Bonchev–Trinajstić information content (AvgIpc) is 3.65. The van der Waals surface area contributed by atoms with Crippen molar-refractivity contribution >= 4 is 11.9 Å². The maximum Gasteiger partial charge on any atom is 0.261 e. The fourth-order valence-corrected chi connectivity index (χ4v) is 4.18. The summed E-state index contributed by atoms with van der Waals surface area (Å²) >= 11 is 0. The number of nitrogens with zero attached hydrogens (tertiary/aromatic N) is 7. The predicted molar refractivity (Wildman–Crippen MR) is 135 cm³/mol. The number of hydrogen-bond donors (Lipinski definition) is 2. The van der Waals surface area contributed by atoms with E-state index < -0.39 is 0 Å². The van der Waals surface area contributed by atoms with Gasteiger partial charge in [-0.3, -0.25) is 14.5 Å². The van der Waals surface area contributed by atoms with Gasteiger partial charge in [-0.15, -0.1) is 0 Å². The Morgan fingerprint density at radius 3 is 2.78 bits per heavy atom. The van der Waals surface area contributed by atoms with Crippen molar-refractivity contribution in [2.24, 2.45) is 5.92 Å². The van der Waals surface area contributed by atoms with Gasteiger partial charge in [-0.1, -0.05) is 19.0 Å². The van der Waals surface area contributed by atoms with E-state index in [1.54, 1.807) is 35.7 Å². The van der Waals surface area contributed by atoms with Gasteiger partial charge in [0.05, 0.1) is 23.6 Å². The highest BCUT2D eigenvalue weighted by molar-refractivity contribution is 5.75. The number of carbonyl (C=O) groups is 1. The molecular formula is C25H29N9O3. The van der Waals surface area contributed by atoms with Gasteiger partial charge in [0.15, 0.2) is 0 Å². The van der Waals surface area contributed by atoms with E-state index in [2.05, 4.69) is 49.4 Å². The summed E-state index contributed by atoms with van der Waals surface area (Å²) in [4.78, 5) is 29.6. The second-order valence-corrected chi connectivity index (χ2v) is 9.44. The Hall–Kier alpha value is -4.19. The van der Waals surface area contributed by atoms with Gasteiger partial charge in [-0.05, 0) is 36.8 Å². The molecule has 1 unspecified atom stereocenters. The van der Waals surface area contributed by atoms with Crippen LogP contribution in [0.4, 0.5) is 5.95 Å². The van der Waals surface area contributed by atoms with Crippen LogP contribution in [0.15, 0.2) is 41.6 Å². The molecule has 0 aromatic carbocycles. The highest BCUT2D eigenvalue weighted by atomic mass is 16.5. The Labute approximate surface area is 213 Å². The molecule has 1 amide bonds. The Morgan fingerprint density at radius 1 is 1.19 bits per heavy atom. The Bertz CT molecular complexity index is 1360. The first-order valence-electron chi connectivity index (χ1n) is 12.3. The van der Waals surface area contributed by atoms with Crippen molar-refractivity contribution in [3.8, 4) is 34.1 Å². The normalized spacial score (nSPS) is 15.4. The minimum atomic E-state index is -0.132. The number of rotatable bonds is 9. The lowest BCUT2D eigenvalue weighted by Crippen LogP contribution is -2.34. The fraction of sp³-hybridized carbons (Fsp3) is 0.400. The molecule has 12 nitrogen and oxygen atoms in total. The van der Waals surface area contributed by atoms with Crippen LogP contribution in [-0.4, -0.2) is 60.0 Å². The predicted octanol–water partition coefficient (Wildman–Crippen LogP) is 2.53. The van der Waals surface area contributed by atoms with Gasteiger partial charge >= 0.3 is 0 Å². The number of hydrogen-bond acceptors (Lipinski definition) is 10. The Morgan fingerprint density at radius 2 is 2.03 bits per heavy atom. The van der Waals surface area contributed by atoms with Crippen molar-refractivity contribution in [3.63, 3.8) is 0 Å². The van der Waals surface area contributed by atoms with Crippen molar-refractivity contribution in [1.29, 1.82) is 0 Å². The van der Waals surface area contributed by atoms with Crippen LogP contribution < -0.4 is 11.1 Å². The molecule has 5 rings (SSSR count). The molecule has 4 aromatic heterocycles. The van der Waals surface area contributed by atoms with Crippen molar-refractivity contribution in [2.75, 3.05) is 18.9 Å². The molecular weight excluding hydrogens is 474 g/mol. The third kappa shape index (κ3) is 5.97. The number of carbonyl (C=O) groups excluding carboxylic acids is 1. The van der Waals surface area contributed by atoms with E-state index in [-0.39, 0.29) is 24.5 Å². The third-order valence-electron chi connectivity index (χ3n) is 5.99. The SMILES string of the molecule is CC(C)Cc1cc(-c2cnc(N)nc2)ncc1-c1noc(-c2cnn(CC(=O)NCC3CCCO3)c2)n1. The smallest absolute Gasteiger partial charge is 0.261 e. The number of pyridine rings is 1. The van der Waals surface area contributed by atoms with E-state index in [0.29, 0.717) is 29.7 Å². The lowest BCUT2D eigenvalue weighted by molar-refractivity contribution is -0.122. The van der Waals surface area contributed by atoms with Crippen LogP contribution in [0.3, 0.4) is 0 Å². The summed E-state index contributed by atoms with van der Waals surface area (Å²) < 4.78 is 12.6. The minimum absolute atomic E-state index is 0.0898. The zero-order chi connectivity index (χ0) is 25.8. The van der Waals surface area contributed by atoms with Crippen LogP contribution in [0.2, 0.25) is 0 Å². The number of anilines is 1. The molecule has 4 aromatic rings. The molecule has 0 bridgehead atoms. The van der Waals surface area contributed by atoms with Gasteiger partial charge in [0, 0.05) is 49.1 Å². The third-order valence-corrected chi connectivity index (χ3v) is 5.99. The summed E-state index contributed by atoms with van der Waals surface area (Å²) in [7, 11) is 0. The lowest BCUT2D eigenvalue weighted by atomic mass is 9.97. The molecule has 0 spiro atoms. The van der Waals surface area contributed by atoms with Crippen molar-refractivity contribution in [1.82, 2.24) is 40.2 Å². The summed E-state index contributed by atoms with van der Waals surface area (Å²) in [6, 6.07) is 1.99. The Kier molecular flexibility index (Phi) is 7.17. The molecule has 1 aliphatic rings. The van der Waals surface area contributed by atoms with Crippen molar-refractivity contribution in [3.05, 3.63) is 42.6 Å². The van der Waals surface area contributed by atoms with Gasteiger partial charge in [-0.2, -0.15) is 10.1 Å². The van der Waals surface area contributed by atoms with E-state index in [1.807, 2.05) is 6.07 Å². The quantitative estimate of drug-likeness (QED) is 0.347. The summed E-state index contributed by atoms with van der Waals surface area (Å²) in [6.45, 7) is 5.64.